The van der Waals surface area contributed by atoms with Gasteiger partial charge in [0.15, 0.2) is 23.1 Å². The Morgan fingerprint density at radius 1 is 0.238 bits per heavy atom. The van der Waals surface area contributed by atoms with E-state index in [1.54, 1.807) is 0 Å². The Morgan fingerprint density at radius 2 is 0.722 bits per heavy atom. The lowest BCUT2D eigenvalue weighted by Gasteiger charge is -2.11. The van der Waals surface area contributed by atoms with Crippen molar-refractivity contribution in [3.63, 3.8) is 0 Å². The molecule has 16 aromatic carbocycles. The number of thiophene rings is 2. The van der Waals surface area contributed by atoms with Crippen molar-refractivity contribution >= 4 is 173 Å². The number of rotatable bonds is 10. The fraction of sp³-hybridized carbons (Fsp3) is 0. The molecule has 590 valence electrons. The van der Waals surface area contributed by atoms with Crippen LogP contribution in [0.4, 0.5) is 0 Å². The average molecular weight is 1650 g/mol. The summed E-state index contributed by atoms with van der Waals surface area (Å²) in [5.41, 5.74) is 26.7. The summed E-state index contributed by atoms with van der Waals surface area (Å²) in [7, 11) is 0. The number of hydrogen-bond acceptors (Lipinski definition) is 9. The number of para-hydroxylation sites is 6. The second-order valence-corrected chi connectivity index (χ2v) is 33.9. The minimum atomic E-state index is 0.614. The molecule has 0 N–H and O–H groups in total. The molecule has 13 heteroatoms. The average Bonchev–Trinajstić information content (AvgIpc) is 1.57. The molecule has 27 rings (SSSR count). The Labute approximate surface area is 728 Å². The third-order valence-electron chi connectivity index (χ3n) is 24.5. The van der Waals surface area contributed by atoms with Crippen LogP contribution in [0.25, 0.3) is 240 Å². The highest BCUT2D eigenvalue weighted by atomic mass is 32.1. The van der Waals surface area contributed by atoms with Crippen molar-refractivity contribution in [2.45, 2.75) is 0 Å². The number of benzene rings is 16. The van der Waals surface area contributed by atoms with Crippen molar-refractivity contribution in [3.05, 3.63) is 419 Å². The zero-order valence-corrected chi connectivity index (χ0v) is 69.1. The van der Waals surface area contributed by atoms with E-state index in [0.717, 1.165) is 122 Å². The van der Waals surface area contributed by atoms with Crippen LogP contribution in [0.2, 0.25) is 0 Å². The van der Waals surface area contributed by atoms with Gasteiger partial charge in [-0.25, -0.2) is 15.0 Å². The molecular formula is C113H69N9O2S2. The van der Waals surface area contributed by atoms with Gasteiger partial charge >= 0.3 is 0 Å². The second kappa shape index (κ2) is 29.7. The van der Waals surface area contributed by atoms with Gasteiger partial charge in [-0.1, -0.05) is 273 Å². The number of nitrogens with zero attached hydrogens (tertiary/aromatic N) is 9. The van der Waals surface area contributed by atoms with E-state index in [0.29, 0.717) is 17.5 Å². The van der Waals surface area contributed by atoms with E-state index in [-0.39, 0.29) is 0 Å². The molecule has 0 fully saturated rings. The lowest BCUT2D eigenvalue weighted by molar-refractivity contribution is 0.670. The summed E-state index contributed by atoms with van der Waals surface area (Å²) < 4.78 is 27.7. The Bertz CT molecular complexity index is 8930. The van der Waals surface area contributed by atoms with Crippen LogP contribution in [-0.2, 0) is 0 Å². The van der Waals surface area contributed by atoms with Crippen LogP contribution in [0.5, 0.6) is 0 Å². The molecule has 27 aromatic rings. The smallest absolute Gasteiger partial charge is 0.164 e. The second-order valence-electron chi connectivity index (χ2n) is 31.8. The van der Waals surface area contributed by atoms with Crippen molar-refractivity contribution in [1.29, 1.82) is 0 Å². The minimum Gasteiger partial charge on any atom is -0.455 e. The van der Waals surface area contributed by atoms with E-state index >= 15 is 0 Å². The molecule has 0 atom stereocenters. The molecule has 11 heterocycles. The van der Waals surface area contributed by atoms with Gasteiger partial charge in [0.05, 0.1) is 66.1 Å². The van der Waals surface area contributed by atoms with Gasteiger partial charge in [-0.3, -0.25) is 9.97 Å². The summed E-state index contributed by atoms with van der Waals surface area (Å²) in [5, 5.41) is 14.3. The lowest BCUT2D eigenvalue weighted by atomic mass is 10.0. The third kappa shape index (κ3) is 12.0. The molecule has 0 spiro atoms. The molecule has 0 aliphatic carbocycles. The normalized spacial score (nSPS) is 11.8. The number of aromatic nitrogens is 9. The van der Waals surface area contributed by atoms with Crippen molar-refractivity contribution in [3.8, 4) is 90.4 Å². The monoisotopic (exact) mass is 1650 g/mol. The maximum atomic E-state index is 6.62. The Morgan fingerprint density at radius 3 is 1.44 bits per heavy atom. The molecule has 0 saturated carbocycles. The molecule has 0 aliphatic rings. The van der Waals surface area contributed by atoms with Crippen molar-refractivity contribution < 1.29 is 8.83 Å². The van der Waals surface area contributed by atoms with E-state index in [9.17, 15) is 0 Å². The van der Waals surface area contributed by atoms with Crippen molar-refractivity contribution in [1.82, 2.24) is 43.2 Å². The predicted octanol–water partition coefficient (Wildman–Crippen LogP) is 30.7. The first-order valence-corrected chi connectivity index (χ1v) is 43.8. The third-order valence-corrected chi connectivity index (χ3v) is 26.9. The SMILES string of the molecule is c1ccc(-c2cccc3c2oc2ccc(-n4c5ccccc5c5sc6ccccc6c54)cc23)cc1.c1ccc(-c2nc(-c3ccccc3)nc(-c3cccc(-n4c5ccccc5c5oc6ccc(-c7ccc8ccccc8c7)cc6c54)c3)n2)cc1.c1ccc(-n2c3cnccc3c3cc(-c4ccc5sc6c7ccccc7n(-c7ccccc7)c6c5c4)ncc32)cc1. The number of pyridine rings is 2. The first-order chi connectivity index (χ1) is 62.5. The summed E-state index contributed by atoms with van der Waals surface area (Å²) in [6, 6.07) is 140. The number of fused-ring (bicyclic) bond motifs is 22. The first kappa shape index (κ1) is 72.4. The van der Waals surface area contributed by atoms with Gasteiger partial charge in [0.1, 0.15) is 22.3 Å². The predicted molar refractivity (Wildman–Crippen MR) is 524 cm³/mol. The lowest BCUT2D eigenvalue weighted by Crippen LogP contribution is -2.01. The van der Waals surface area contributed by atoms with E-state index in [2.05, 4.69) is 351 Å². The molecule has 0 amide bonds. The molecule has 126 heavy (non-hydrogen) atoms. The summed E-state index contributed by atoms with van der Waals surface area (Å²) >= 11 is 3.74. The van der Waals surface area contributed by atoms with E-state index < -0.39 is 0 Å². The fourth-order valence-electron chi connectivity index (χ4n) is 18.7. The highest BCUT2D eigenvalue weighted by Gasteiger charge is 2.26. The Kier molecular flexibility index (Phi) is 17.1. The minimum absolute atomic E-state index is 0.614. The summed E-state index contributed by atoms with van der Waals surface area (Å²) in [5.74, 6) is 1.88. The standard InChI is InChI=1S/C45H28N4O.C36H22N4S.C32H19NOS/c1-3-13-30(14-4-1)43-46-44(31-15-5-2-6-16-31)48-45(47-43)35-18-11-19-36(27-35)49-39-21-10-9-20-37(39)42-41(49)38-28-34(24-25-40(38)50-42)33-23-22-29-12-7-8-17-32(29)26-33;1-3-9-24(10-4-1)39-32-21-37-18-17-26(32)28-20-30(38-22-33(28)39)23-15-16-34-29(19-23)35-36(41-34)27-13-7-8-14-31(27)40(35)25-11-5-2-6-12-25;1-2-9-20(10-3-1)22-13-8-14-23-26-19-21(17-18-28(26)34-31(22)23)33-27-15-6-4-11-24(27)32-30(33)25-12-5-7-16-29(25)35-32/h1-28H;1-22H;1-19H. The van der Waals surface area contributed by atoms with Gasteiger partial charge in [0.2, 0.25) is 0 Å². The molecule has 0 radical (unpaired) electrons. The summed E-state index contributed by atoms with van der Waals surface area (Å²) in [6.45, 7) is 0. The zero-order valence-electron chi connectivity index (χ0n) is 67.5. The molecule has 11 nitrogen and oxygen atoms in total. The van der Waals surface area contributed by atoms with Gasteiger partial charge in [0.25, 0.3) is 0 Å². The highest BCUT2D eigenvalue weighted by molar-refractivity contribution is 7.27. The number of furan rings is 2. The highest BCUT2D eigenvalue weighted by Crippen LogP contribution is 2.48. The van der Waals surface area contributed by atoms with Crippen LogP contribution in [0.1, 0.15) is 0 Å². The quantitative estimate of drug-likeness (QED) is 0.134. The van der Waals surface area contributed by atoms with Crippen LogP contribution in [0.15, 0.2) is 428 Å². The molecule has 11 aromatic heterocycles. The van der Waals surface area contributed by atoms with E-state index in [1.165, 1.54) is 101 Å². The maximum absolute atomic E-state index is 6.62. The van der Waals surface area contributed by atoms with Crippen molar-refractivity contribution in [2.24, 2.45) is 0 Å². The molecule has 0 aliphatic heterocycles. The van der Waals surface area contributed by atoms with Crippen molar-refractivity contribution in [2.75, 3.05) is 0 Å². The molecular weight excluding hydrogens is 1580 g/mol. The fourth-order valence-corrected chi connectivity index (χ4v) is 21.1. The van der Waals surface area contributed by atoms with Crippen LogP contribution < -0.4 is 0 Å². The van der Waals surface area contributed by atoms with Gasteiger partial charge in [-0.05, 0) is 155 Å². The maximum Gasteiger partial charge on any atom is 0.164 e. The van der Waals surface area contributed by atoms with Gasteiger partial charge in [-0.2, -0.15) is 0 Å². The summed E-state index contributed by atoms with van der Waals surface area (Å²) in [6.07, 6.45) is 5.82. The van der Waals surface area contributed by atoms with Gasteiger partial charge < -0.3 is 27.1 Å². The molecule has 0 unspecified atom stereocenters. The van der Waals surface area contributed by atoms with Gasteiger partial charge in [0, 0.05) is 120 Å². The molecule has 0 saturated heterocycles. The zero-order chi connectivity index (χ0) is 82.9. The van der Waals surface area contributed by atoms with Gasteiger partial charge in [-0.15, -0.1) is 22.7 Å². The topological polar surface area (TPSA) is 110 Å². The van der Waals surface area contributed by atoms with Crippen LogP contribution in [-0.4, -0.2) is 43.2 Å². The van der Waals surface area contributed by atoms with Crippen LogP contribution in [0.3, 0.4) is 0 Å². The summed E-state index contributed by atoms with van der Waals surface area (Å²) in [4.78, 5) is 24.3. The Balaban J connectivity index is 0.000000105. The van der Waals surface area contributed by atoms with E-state index in [4.69, 9.17) is 28.8 Å². The Hall–Kier alpha value is -16.5. The first-order valence-electron chi connectivity index (χ1n) is 42.1. The number of hydrogen-bond donors (Lipinski definition) is 0. The van der Waals surface area contributed by atoms with E-state index in [1.807, 2.05) is 114 Å². The largest absolute Gasteiger partial charge is 0.455 e. The molecule has 0 bridgehead atoms. The van der Waals surface area contributed by atoms with Crippen LogP contribution >= 0.6 is 22.7 Å². The van der Waals surface area contributed by atoms with Crippen LogP contribution in [0, 0.1) is 0 Å².